The third-order valence-electron chi connectivity index (χ3n) is 3.87. The van der Waals surface area contributed by atoms with Gasteiger partial charge in [0.05, 0.1) is 23.6 Å². The van der Waals surface area contributed by atoms with Crippen LogP contribution in [0.2, 0.25) is 0 Å². The van der Waals surface area contributed by atoms with Gasteiger partial charge >= 0.3 is 5.97 Å². The van der Waals surface area contributed by atoms with E-state index in [9.17, 15) is 18.0 Å². The Labute approximate surface area is 161 Å². The number of anilines is 1. The van der Waals surface area contributed by atoms with Crippen molar-refractivity contribution in [1.29, 1.82) is 0 Å². The fraction of sp³-hybridized carbons (Fsp3) is 0.438. The van der Waals surface area contributed by atoms with Gasteiger partial charge in [-0.25, -0.2) is 13.2 Å². The summed E-state index contributed by atoms with van der Waals surface area (Å²) in [5, 5.41) is 3.03. The van der Waals surface area contributed by atoms with E-state index in [1.165, 1.54) is 18.9 Å². The van der Waals surface area contributed by atoms with Gasteiger partial charge in [-0.1, -0.05) is 0 Å². The predicted octanol–water partition coefficient (Wildman–Crippen LogP) is 0.606. The van der Waals surface area contributed by atoms with Gasteiger partial charge in [0.1, 0.15) is 0 Å². The summed E-state index contributed by atoms with van der Waals surface area (Å²) < 4.78 is 37.0. The Morgan fingerprint density at radius 1 is 1.41 bits per heavy atom. The van der Waals surface area contributed by atoms with Crippen LogP contribution in [0.4, 0.5) is 5.69 Å². The van der Waals surface area contributed by atoms with E-state index in [1.807, 2.05) is 0 Å². The Bertz CT molecular complexity index is 899. The van der Waals surface area contributed by atoms with Gasteiger partial charge in [-0.3, -0.25) is 4.79 Å². The molecule has 0 fully saturated rings. The molecule has 2 heterocycles. The lowest BCUT2D eigenvalue weighted by Gasteiger charge is -2.22. The molecule has 146 valence electrons. The van der Waals surface area contributed by atoms with Crippen LogP contribution in [0.3, 0.4) is 0 Å². The lowest BCUT2D eigenvalue weighted by Crippen LogP contribution is -2.38. The molecule has 0 bridgehead atoms. The number of amides is 1. The summed E-state index contributed by atoms with van der Waals surface area (Å²) in [4.78, 5) is 26.5. The fourth-order valence-corrected chi connectivity index (χ4v) is 4.98. The lowest BCUT2D eigenvalue weighted by molar-refractivity contribution is -0.125. The van der Waals surface area contributed by atoms with Gasteiger partial charge in [0.25, 0.3) is 15.9 Å². The highest BCUT2D eigenvalue weighted by atomic mass is 32.2. The minimum atomic E-state index is -3.43. The molecule has 1 aromatic carbocycles. The van der Waals surface area contributed by atoms with Gasteiger partial charge in [0.15, 0.2) is 11.8 Å². The number of hydrogen-bond acceptors (Lipinski definition) is 8. The molecule has 1 N–H and O–H groups in total. The topological polar surface area (TPSA) is 114 Å². The molecule has 2 aliphatic heterocycles. The molecule has 0 spiro atoms. The lowest BCUT2D eigenvalue weighted by atomic mass is 10.2. The number of esters is 1. The molecule has 1 aromatic rings. The molecular formula is C16H19N3O6S2. The molecule has 9 nitrogen and oxygen atoms in total. The number of rotatable bonds is 6. The second-order valence-electron chi connectivity index (χ2n) is 6.10. The van der Waals surface area contributed by atoms with Crippen LogP contribution in [-0.4, -0.2) is 64.1 Å². The molecule has 0 saturated carbocycles. The summed E-state index contributed by atoms with van der Waals surface area (Å²) in [6.45, 7) is 2.06. The first kappa shape index (κ1) is 19.6. The number of carbonyl (C=O) groups is 2. The first-order valence-electron chi connectivity index (χ1n) is 8.16. The second kappa shape index (κ2) is 7.87. The van der Waals surface area contributed by atoms with Gasteiger partial charge in [-0.05, 0) is 36.9 Å². The van der Waals surface area contributed by atoms with E-state index in [4.69, 9.17) is 9.47 Å². The van der Waals surface area contributed by atoms with Crippen molar-refractivity contribution in [2.45, 2.75) is 17.9 Å². The number of nitrogens with one attached hydrogen (secondary N) is 1. The van der Waals surface area contributed by atoms with Crippen molar-refractivity contribution in [2.24, 2.45) is 4.40 Å². The minimum absolute atomic E-state index is 0.0447. The number of fused-ring (bicyclic) bond motifs is 3. The summed E-state index contributed by atoms with van der Waals surface area (Å²) in [5.74, 6) is -1.09. The molecule has 27 heavy (non-hydrogen) atoms. The molecule has 1 atom stereocenters. The number of benzene rings is 1. The Morgan fingerprint density at radius 3 is 2.93 bits per heavy atom. The Hall–Kier alpha value is -2.11. The number of sulfonamides is 1. The number of hydrogen-bond donors (Lipinski definition) is 1. The van der Waals surface area contributed by atoms with E-state index >= 15 is 0 Å². The maximum atomic E-state index is 12.2. The number of methoxy groups -OCH3 is 1. The summed E-state index contributed by atoms with van der Waals surface area (Å²) >= 11 is 1.19. The van der Waals surface area contributed by atoms with Crippen LogP contribution in [0, 0.1) is 0 Å². The minimum Gasteiger partial charge on any atom is -0.452 e. The Morgan fingerprint density at radius 2 is 2.19 bits per heavy atom. The van der Waals surface area contributed by atoms with Crippen LogP contribution in [-0.2, 0) is 24.3 Å². The highest BCUT2D eigenvalue weighted by Gasteiger charge is 2.33. The van der Waals surface area contributed by atoms with Crippen molar-refractivity contribution in [3.63, 3.8) is 0 Å². The van der Waals surface area contributed by atoms with E-state index in [2.05, 4.69) is 9.71 Å². The largest absolute Gasteiger partial charge is 0.452 e. The fourth-order valence-electron chi connectivity index (χ4n) is 2.68. The average molecular weight is 413 g/mol. The summed E-state index contributed by atoms with van der Waals surface area (Å²) in [7, 11) is -1.90. The molecule has 2 aliphatic rings. The van der Waals surface area contributed by atoms with Crippen LogP contribution < -0.4 is 10.2 Å². The second-order valence-corrected chi connectivity index (χ2v) is 8.86. The van der Waals surface area contributed by atoms with Crippen molar-refractivity contribution >= 4 is 44.5 Å². The molecule has 1 amide bonds. The monoisotopic (exact) mass is 413 g/mol. The third kappa shape index (κ3) is 4.60. The van der Waals surface area contributed by atoms with E-state index in [1.54, 1.807) is 30.0 Å². The molecule has 11 heteroatoms. The zero-order valence-electron chi connectivity index (χ0n) is 14.8. The standard InChI is InChI=1S/C16H19N3O6S2/c1-10(8-24-2)17-14(20)9-25-15(21)11-3-4-12-13(7-11)26-16-18-27(22,23)6-5-19(12)16/h3-4,7,10H,5-6,8-9H2,1-2H3,(H,17,20). The van der Waals surface area contributed by atoms with E-state index in [0.717, 1.165) is 10.6 Å². The normalized spacial score (nSPS) is 18.1. The van der Waals surface area contributed by atoms with Crippen LogP contribution >= 0.6 is 11.8 Å². The maximum Gasteiger partial charge on any atom is 0.338 e. The molecule has 0 saturated heterocycles. The van der Waals surface area contributed by atoms with Crippen molar-refractivity contribution in [1.82, 2.24) is 5.32 Å². The highest BCUT2D eigenvalue weighted by molar-refractivity contribution is 8.15. The van der Waals surface area contributed by atoms with Crippen LogP contribution in [0.1, 0.15) is 17.3 Å². The third-order valence-corrected chi connectivity index (χ3v) is 6.17. The Kier molecular flexibility index (Phi) is 5.72. The number of thioether (sulfide) groups is 1. The summed E-state index contributed by atoms with van der Waals surface area (Å²) in [6, 6.07) is 4.73. The van der Waals surface area contributed by atoms with Gasteiger partial charge in [-0.15, -0.1) is 4.40 Å². The van der Waals surface area contributed by atoms with Crippen LogP contribution in [0.25, 0.3) is 0 Å². The SMILES string of the molecule is COCC(C)NC(=O)COC(=O)c1ccc2c(c1)SC1=NS(=O)(=O)CCN12. The van der Waals surface area contributed by atoms with Gasteiger partial charge in [0.2, 0.25) is 0 Å². The molecular weight excluding hydrogens is 394 g/mol. The average Bonchev–Trinajstić information content (AvgIpc) is 2.94. The van der Waals surface area contributed by atoms with Gasteiger partial charge in [-0.2, -0.15) is 0 Å². The van der Waals surface area contributed by atoms with E-state index < -0.39 is 28.5 Å². The first-order chi connectivity index (χ1) is 12.8. The first-order valence-corrected chi connectivity index (χ1v) is 10.6. The number of ether oxygens (including phenoxy) is 2. The zero-order valence-corrected chi connectivity index (χ0v) is 16.4. The van der Waals surface area contributed by atoms with Crippen molar-refractivity contribution in [2.75, 3.05) is 37.5 Å². The van der Waals surface area contributed by atoms with Gasteiger partial charge < -0.3 is 19.7 Å². The maximum absolute atomic E-state index is 12.2. The molecule has 0 aromatic heterocycles. The molecule has 0 radical (unpaired) electrons. The molecule has 0 aliphatic carbocycles. The number of amidine groups is 1. The van der Waals surface area contributed by atoms with Crippen LogP contribution in [0.5, 0.6) is 0 Å². The van der Waals surface area contributed by atoms with Crippen molar-refractivity contribution in [3.8, 4) is 0 Å². The smallest absolute Gasteiger partial charge is 0.338 e. The van der Waals surface area contributed by atoms with E-state index in [0.29, 0.717) is 18.3 Å². The number of carbonyl (C=O) groups excluding carboxylic acids is 2. The van der Waals surface area contributed by atoms with E-state index in [-0.39, 0.29) is 17.4 Å². The van der Waals surface area contributed by atoms with Crippen molar-refractivity contribution < 1.29 is 27.5 Å². The molecule has 3 rings (SSSR count). The number of nitrogens with zero attached hydrogens (tertiary/aromatic N) is 2. The van der Waals surface area contributed by atoms with Crippen molar-refractivity contribution in [3.05, 3.63) is 23.8 Å². The van der Waals surface area contributed by atoms with Crippen LogP contribution in [0.15, 0.2) is 27.5 Å². The summed E-state index contributed by atoms with van der Waals surface area (Å²) in [6.07, 6.45) is 0. The Balaban J connectivity index is 1.63. The zero-order chi connectivity index (χ0) is 19.6. The quantitative estimate of drug-likeness (QED) is 0.675. The predicted molar refractivity (Wildman–Crippen MR) is 101 cm³/mol. The highest BCUT2D eigenvalue weighted by Crippen LogP contribution is 2.42. The summed E-state index contributed by atoms with van der Waals surface area (Å²) in [5.41, 5.74) is 1.08. The molecule has 1 unspecified atom stereocenters. The van der Waals surface area contributed by atoms with Gasteiger partial charge in [0, 0.05) is 24.6 Å².